The van der Waals surface area contributed by atoms with Gasteiger partial charge in [0.15, 0.2) is 5.78 Å². The number of rotatable bonds is 3. The standard InChI is InChI=1S/C17H14ClNO/c1-11-6-3-4-8-13(11)15(10-19)17(20)14-9-5-7-12(2)16(14)18/h3-9,15H,1-2H3. The molecular weight excluding hydrogens is 270 g/mol. The molecule has 2 nitrogen and oxygen atoms in total. The fourth-order valence-electron chi connectivity index (χ4n) is 2.17. The second-order valence-electron chi connectivity index (χ2n) is 4.72. The quantitative estimate of drug-likeness (QED) is 0.781. The van der Waals surface area contributed by atoms with Gasteiger partial charge >= 0.3 is 0 Å². The van der Waals surface area contributed by atoms with Gasteiger partial charge in [-0.25, -0.2) is 0 Å². The van der Waals surface area contributed by atoms with Crippen LogP contribution in [0.1, 0.15) is 33.0 Å². The molecule has 0 heterocycles. The number of aryl methyl sites for hydroxylation is 2. The van der Waals surface area contributed by atoms with Crippen LogP contribution >= 0.6 is 11.6 Å². The second kappa shape index (κ2) is 5.90. The van der Waals surface area contributed by atoms with E-state index in [-0.39, 0.29) is 5.78 Å². The summed E-state index contributed by atoms with van der Waals surface area (Å²) >= 11 is 6.19. The van der Waals surface area contributed by atoms with Crippen LogP contribution in [0.5, 0.6) is 0 Å². The number of benzene rings is 2. The molecule has 0 bridgehead atoms. The van der Waals surface area contributed by atoms with Crippen molar-refractivity contribution in [3.05, 3.63) is 69.7 Å². The van der Waals surface area contributed by atoms with Gasteiger partial charge in [0.05, 0.1) is 11.1 Å². The Morgan fingerprint density at radius 2 is 1.75 bits per heavy atom. The first kappa shape index (κ1) is 14.3. The van der Waals surface area contributed by atoms with Crippen LogP contribution in [0.25, 0.3) is 0 Å². The molecule has 0 amide bonds. The van der Waals surface area contributed by atoms with Gasteiger partial charge in [-0.1, -0.05) is 48.0 Å². The van der Waals surface area contributed by atoms with Crippen molar-refractivity contribution in [2.24, 2.45) is 0 Å². The van der Waals surface area contributed by atoms with Gasteiger partial charge in [-0.05, 0) is 36.6 Å². The molecule has 0 aliphatic rings. The first-order valence-corrected chi connectivity index (χ1v) is 6.68. The molecular formula is C17H14ClNO. The highest BCUT2D eigenvalue weighted by Crippen LogP contribution is 2.28. The van der Waals surface area contributed by atoms with Gasteiger partial charge in [0.2, 0.25) is 0 Å². The van der Waals surface area contributed by atoms with Gasteiger partial charge in [-0.2, -0.15) is 5.26 Å². The van der Waals surface area contributed by atoms with Gasteiger partial charge in [-0.3, -0.25) is 4.79 Å². The maximum atomic E-state index is 12.6. The molecule has 3 heteroatoms. The highest BCUT2D eigenvalue weighted by molar-refractivity contribution is 6.35. The normalized spacial score (nSPS) is 11.7. The Labute approximate surface area is 123 Å². The average molecular weight is 284 g/mol. The van der Waals surface area contributed by atoms with Gasteiger partial charge < -0.3 is 0 Å². The monoisotopic (exact) mass is 283 g/mol. The van der Waals surface area contributed by atoms with Crippen molar-refractivity contribution in [3.8, 4) is 6.07 Å². The Hall–Kier alpha value is -2.11. The number of carbonyl (C=O) groups is 1. The topological polar surface area (TPSA) is 40.9 Å². The highest BCUT2D eigenvalue weighted by Gasteiger charge is 2.25. The van der Waals surface area contributed by atoms with Crippen LogP contribution in [-0.4, -0.2) is 5.78 Å². The number of Topliss-reactive ketones (excluding diaryl/α,β-unsaturated/α-hetero) is 1. The molecule has 0 spiro atoms. The maximum absolute atomic E-state index is 12.6. The lowest BCUT2D eigenvalue weighted by molar-refractivity contribution is 0.0978. The minimum absolute atomic E-state index is 0.254. The number of hydrogen-bond donors (Lipinski definition) is 0. The van der Waals surface area contributed by atoms with Gasteiger partial charge in [0.25, 0.3) is 0 Å². The highest BCUT2D eigenvalue weighted by atomic mass is 35.5. The first-order valence-electron chi connectivity index (χ1n) is 6.30. The number of nitrogens with zero attached hydrogens (tertiary/aromatic N) is 1. The van der Waals surface area contributed by atoms with E-state index in [2.05, 4.69) is 6.07 Å². The average Bonchev–Trinajstić information content (AvgIpc) is 2.44. The van der Waals surface area contributed by atoms with E-state index in [0.29, 0.717) is 10.6 Å². The number of nitriles is 1. The fraction of sp³-hybridized carbons (Fsp3) is 0.176. The lowest BCUT2D eigenvalue weighted by atomic mass is 9.89. The Morgan fingerprint density at radius 1 is 1.10 bits per heavy atom. The summed E-state index contributed by atoms with van der Waals surface area (Å²) in [5.41, 5.74) is 2.90. The number of hydrogen-bond acceptors (Lipinski definition) is 2. The van der Waals surface area contributed by atoms with Crippen molar-refractivity contribution >= 4 is 17.4 Å². The molecule has 0 aliphatic carbocycles. The first-order chi connectivity index (χ1) is 9.56. The summed E-state index contributed by atoms with van der Waals surface area (Å²) in [6, 6.07) is 14.8. The number of halogens is 1. The SMILES string of the molecule is Cc1ccccc1C(C#N)C(=O)c1cccc(C)c1Cl. The predicted octanol–water partition coefficient (Wildman–Crippen LogP) is 4.45. The van der Waals surface area contributed by atoms with E-state index in [0.717, 1.165) is 16.7 Å². The molecule has 0 saturated heterocycles. The Kier molecular flexibility index (Phi) is 4.22. The summed E-state index contributed by atoms with van der Waals surface area (Å²) < 4.78 is 0. The van der Waals surface area contributed by atoms with E-state index in [1.54, 1.807) is 12.1 Å². The van der Waals surface area contributed by atoms with Crippen molar-refractivity contribution in [3.63, 3.8) is 0 Å². The third kappa shape index (κ3) is 2.59. The lowest BCUT2D eigenvalue weighted by Crippen LogP contribution is -2.13. The molecule has 1 atom stereocenters. The van der Waals surface area contributed by atoms with Crippen LogP contribution in [0.15, 0.2) is 42.5 Å². The smallest absolute Gasteiger partial charge is 0.185 e. The van der Waals surface area contributed by atoms with E-state index >= 15 is 0 Å². The Bertz CT molecular complexity index is 700. The molecule has 0 radical (unpaired) electrons. The minimum Gasteiger partial charge on any atom is -0.292 e. The third-order valence-electron chi connectivity index (χ3n) is 3.35. The van der Waals surface area contributed by atoms with E-state index < -0.39 is 5.92 Å². The molecule has 0 fully saturated rings. The van der Waals surface area contributed by atoms with Crippen molar-refractivity contribution in [2.75, 3.05) is 0 Å². The number of carbonyl (C=O) groups excluding carboxylic acids is 1. The van der Waals surface area contributed by atoms with Crippen LogP contribution < -0.4 is 0 Å². The zero-order valence-corrected chi connectivity index (χ0v) is 12.1. The Morgan fingerprint density at radius 3 is 2.40 bits per heavy atom. The molecule has 2 aromatic rings. The maximum Gasteiger partial charge on any atom is 0.185 e. The van der Waals surface area contributed by atoms with Crippen LogP contribution in [0.4, 0.5) is 0 Å². The molecule has 2 rings (SSSR count). The van der Waals surface area contributed by atoms with Crippen LogP contribution in [-0.2, 0) is 0 Å². The molecule has 100 valence electrons. The second-order valence-corrected chi connectivity index (χ2v) is 5.10. The molecule has 0 saturated carbocycles. The van der Waals surface area contributed by atoms with E-state index in [1.807, 2.05) is 44.2 Å². The summed E-state index contributed by atoms with van der Waals surface area (Å²) in [7, 11) is 0. The van der Waals surface area contributed by atoms with Crippen LogP contribution in [0.3, 0.4) is 0 Å². The predicted molar refractivity (Wildman–Crippen MR) is 80.1 cm³/mol. The lowest BCUT2D eigenvalue weighted by Gasteiger charge is -2.13. The van der Waals surface area contributed by atoms with E-state index in [9.17, 15) is 10.1 Å². The van der Waals surface area contributed by atoms with Crippen molar-refractivity contribution in [1.82, 2.24) is 0 Å². The summed E-state index contributed by atoms with van der Waals surface area (Å²) in [6.45, 7) is 3.74. The number of ketones is 1. The summed E-state index contributed by atoms with van der Waals surface area (Å²) in [5.74, 6) is -1.08. The van der Waals surface area contributed by atoms with Gasteiger partial charge in [0, 0.05) is 5.56 Å². The molecule has 0 aromatic heterocycles. The van der Waals surface area contributed by atoms with E-state index in [1.165, 1.54) is 0 Å². The van der Waals surface area contributed by atoms with E-state index in [4.69, 9.17) is 11.6 Å². The van der Waals surface area contributed by atoms with Crippen molar-refractivity contribution in [1.29, 1.82) is 5.26 Å². The zero-order valence-electron chi connectivity index (χ0n) is 11.4. The molecule has 0 N–H and O–H groups in total. The summed E-state index contributed by atoms with van der Waals surface area (Å²) in [6.07, 6.45) is 0. The molecule has 2 aromatic carbocycles. The van der Waals surface area contributed by atoms with Crippen molar-refractivity contribution in [2.45, 2.75) is 19.8 Å². The van der Waals surface area contributed by atoms with Gasteiger partial charge in [-0.15, -0.1) is 0 Å². The van der Waals surface area contributed by atoms with Gasteiger partial charge in [0.1, 0.15) is 5.92 Å². The largest absolute Gasteiger partial charge is 0.292 e. The summed E-state index contributed by atoms with van der Waals surface area (Å²) in [4.78, 5) is 12.6. The van der Waals surface area contributed by atoms with Crippen LogP contribution in [0, 0.1) is 25.2 Å². The Balaban J connectivity index is 2.49. The molecule has 20 heavy (non-hydrogen) atoms. The van der Waals surface area contributed by atoms with Crippen molar-refractivity contribution < 1.29 is 4.79 Å². The third-order valence-corrected chi connectivity index (χ3v) is 3.85. The molecule has 0 aliphatic heterocycles. The molecule has 1 unspecified atom stereocenters. The van der Waals surface area contributed by atoms with Crippen LogP contribution in [0.2, 0.25) is 5.02 Å². The summed E-state index contributed by atoms with van der Waals surface area (Å²) in [5, 5.41) is 9.80. The minimum atomic E-state index is -0.824. The zero-order chi connectivity index (χ0) is 14.7. The fourth-order valence-corrected chi connectivity index (χ4v) is 2.39.